The molecule has 0 atom stereocenters. The second-order valence-electron chi connectivity index (χ2n) is 14.0. The van der Waals surface area contributed by atoms with Gasteiger partial charge in [0, 0.05) is 0 Å². The molecule has 252 valence electrons. The lowest BCUT2D eigenvalue weighted by Crippen LogP contribution is -3.00. The Morgan fingerprint density at radius 1 is 0.268 bits per heavy atom. The van der Waals surface area contributed by atoms with Crippen LogP contribution in [0.4, 0.5) is 0 Å². The first-order valence-corrected chi connectivity index (χ1v) is 18.9. The van der Waals surface area contributed by atoms with Crippen LogP contribution in [-0.4, -0.2) is 31.7 Å². The molecule has 0 aliphatic carbocycles. The molecule has 0 amide bonds. The van der Waals surface area contributed by atoms with Gasteiger partial charge in [0.15, 0.2) is 0 Å². The van der Waals surface area contributed by atoms with Crippen LogP contribution >= 0.6 is 0 Å². The van der Waals surface area contributed by atoms with Crippen molar-refractivity contribution in [3.8, 4) is 0 Å². The third-order valence-corrected chi connectivity index (χ3v) is 9.23. The molecule has 0 aliphatic heterocycles. The van der Waals surface area contributed by atoms with Crippen molar-refractivity contribution in [3.05, 3.63) is 0 Å². The molecule has 0 rings (SSSR count). The number of quaternary nitrogens is 1. The zero-order valence-corrected chi connectivity index (χ0v) is 30.3. The Labute approximate surface area is 269 Å². The lowest BCUT2D eigenvalue weighted by molar-refractivity contribution is -0.890. The number of unbranched alkanes of at least 4 members (excludes halogenated alkanes) is 30. The molecule has 2 nitrogen and oxygen atoms in total. The minimum atomic E-state index is 0. The number of rotatable bonds is 34. The molecular formula is C38H83ClN2. The second kappa shape index (κ2) is 38.2. The molecule has 0 saturated heterocycles. The molecule has 0 aromatic carbocycles. The van der Waals surface area contributed by atoms with Crippen LogP contribution < -0.4 is 18.6 Å². The fraction of sp³-hybridized carbons (Fsp3) is 1.00. The summed E-state index contributed by atoms with van der Waals surface area (Å²) in [5, 5.41) is 0. The summed E-state index contributed by atoms with van der Waals surface area (Å²) in [7, 11) is 4.94. The zero-order chi connectivity index (χ0) is 28.5. The number of nitrogens with zero attached hydrogens (tertiary/aromatic N) is 1. The molecule has 0 fully saturated rings. The van der Waals surface area contributed by atoms with E-state index in [0.717, 1.165) is 0 Å². The fourth-order valence-electron chi connectivity index (χ4n) is 6.29. The van der Waals surface area contributed by atoms with E-state index in [2.05, 4.69) is 27.9 Å². The number of hydrogen-bond acceptors (Lipinski definition) is 1. The van der Waals surface area contributed by atoms with Crippen molar-refractivity contribution in [1.29, 1.82) is 0 Å². The van der Waals surface area contributed by atoms with Gasteiger partial charge in [-0.05, 0) is 25.7 Å². The first-order chi connectivity index (χ1) is 19.1. The Morgan fingerprint density at radius 2 is 0.415 bits per heavy atom. The minimum Gasteiger partial charge on any atom is -1.00 e. The van der Waals surface area contributed by atoms with Crippen LogP contribution in [0.1, 0.15) is 219 Å². The van der Waals surface area contributed by atoms with Gasteiger partial charge in [-0.25, -0.2) is 0 Å². The monoisotopic (exact) mass is 603 g/mol. The van der Waals surface area contributed by atoms with Gasteiger partial charge in [-0.1, -0.05) is 194 Å². The summed E-state index contributed by atoms with van der Waals surface area (Å²) in [6.07, 6.45) is 46.9. The smallest absolute Gasteiger partial charge is 0.0782 e. The van der Waals surface area contributed by atoms with Crippen molar-refractivity contribution in [2.45, 2.75) is 219 Å². The highest BCUT2D eigenvalue weighted by Gasteiger charge is 2.13. The third-order valence-electron chi connectivity index (χ3n) is 9.23. The predicted molar refractivity (Wildman–Crippen MR) is 186 cm³/mol. The van der Waals surface area contributed by atoms with Crippen LogP contribution in [0.5, 0.6) is 0 Å². The summed E-state index contributed by atoms with van der Waals surface area (Å²) in [6.45, 7) is 7.39. The highest BCUT2D eigenvalue weighted by atomic mass is 35.5. The van der Waals surface area contributed by atoms with E-state index in [0.29, 0.717) is 0 Å². The maximum Gasteiger partial charge on any atom is 0.0782 e. The topological polar surface area (TPSA) is 35.0 Å². The highest BCUT2D eigenvalue weighted by molar-refractivity contribution is 4.52. The molecule has 0 aromatic heterocycles. The van der Waals surface area contributed by atoms with E-state index >= 15 is 0 Å². The standard InChI is InChI=1S/C38H80N.ClH.H3N/c1-5-7-9-11-13-15-17-19-21-23-25-27-29-31-33-35-37-39(3,4)38-36-34-32-30-28-26-24-22-20-18-16-14-12-10-8-6-2;;/h5-38H2,1-4H3;1H;1H3/q+1;;/p-1. The van der Waals surface area contributed by atoms with E-state index in [-0.39, 0.29) is 18.6 Å². The molecular weight excluding hydrogens is 520 g/mol. The van der Waals surface area contributed by atoms with E-state index in [4.69, 9.17) is 0 Å². The molecule has 41 heavy (non-hydrogen) atoms. The van der Waals surface area contributed by atoms with Gasteiger partial charge < -0.3 is 23.0 Å². The van der Waals surface area contributed by atoms with E-state index in [9.17, 15) is 0 Å². The van der Waals surface area contributed by atoms with E-state index in [1.54, 1.807) is 0 Å². The van der Waals surface area contributed by atoms with Crippen LogP contribution in [0.2, 0.25) is 0 Å². The second-order valence-corrected chi connectivity index (χ2v) is 14.0. The number of hydrogen-bond donors (Lipinski definition) is 1. The van der Waals surface area contributed by atoms with Crippen LogP contribution in [0.25, 0.3) is 0 Å². The quantitative estimate of drug-likeness (QED) is 0.0576. The number of halogens is 1. The first-order valence-electron chi connectivity index (χ1n) is 18.9. The maximum atomic E-state index is 2.47. The SMILES string of the molecule is CCCCCCCCCCCCCCCCCC[N+](C)(C)CCCCCCCCCCCCCCCCCC.N.[Cl-]. The van der Waals surface area contributed by atoms with Crippen molar-refractivity contribution in [1.82, 2.24) is 6.15 Å². The molecule has 0 bridgehead atoms. The summed E-state index contributed by atoms with van der Waals surface area (Å²) >= 11 is 0. The lowest BCUT2D eigenvalue weighted by Gasteiger charge is -2.30. The maximum absolute atomic E-state index is 2.47. The molecule has 0 heterocycles. The average Bonchev–Trinajstić information content (AvgIpc) is 2.92. The Bertz CT molecular complexity index is 402. The van der Waals surface area contributed by atoms with Crippen molar-refractivity contribution in [2.75, 3.05) is 27.2 Å². The van der Waals surface area contributed by atoms with Gasteiger partial charge >= 0.3 is 0 Å². The molecule has 0 aromatic rings. The molecule has 0 unspecified atom stereocenters. The van der Waals surface area contributed by atoms with Crippen molar-refractivity contribution < 1.29 is 16.9 Å². The van der Waals surface area contributed by atoms with E-state index in [1.165, 1.54) is 223 Å². The van der Waals surface area contributed by atoms with Crippen LogP contribution in [-0.2, 0) is 0 Å². The minimum absolute atomic E-state index is 0. The van der Waals surface area contributed by atoms with Gasteiger partial charge in [-0.2, -0.15) is 0 Å². The van der Waals surface area contributed by atoms with Gasteiger partial charge in [0.25, 0.3) is 0 Å². The Kier molecular flexibility index (Phi) is 42.6. The van der Waals surface area contributed by atoms with Crippen molar-refractivity contribution in [3.63, 3.8) is 0 Å². The molecule has 0 spiro atoms. The van der Waals surface area contributed by atoms with Crippen LogP contribution in [0.15, 0.2) is 0 Å². The lowest BCUT2D eigenvalue weighted by atomic mass is 10.0. The van der Waals surface area contributed by atoms with Crippen LogP contribution in [0, 0.1) is 0 Å². The Hall–Kier alpha value is 0.210. The normalized spacial score (nSPS) is 11.4. The summed E-state index contributed by atoms with van der Waals surface area (Å²) in [5.41, 5.74) is 0. The zero-order valence-electron chi connectivity index (χ0n) is 29.6. The molecule has 3 heteroatoms. The van der Waals surface area contributed by atoms with Gasteiger partial charge in [0.1, 0.15) is 0 Å². The van der Waals surface area contributed by atoms with Gasteiger partial charge in [-0.15, -0.1) is 0 Å². The average molecular weight is 604 g/mol. The summed E-state index contributed by atoms with van der Waals surface area (Å²) in [6, 6.07) is 0. The van der Waals surface area contributed by atoms with E-state index < -0.39 is 0 Å². The van der Waals surface area contributed by atoms with Gasteiger partial charge in [-0.3, -0.25) is 0 Å². The van der Waals surface area contributed by atoms with Crippen LogP contribution in [0.3, 0.4) is 0 Å². The highest BCUT2D eigenvalue weighted by Crippen LogP contribution is 2.16. The fourth-order valence-corrected chi connectivity index (χ4v) is 6.29. The van der Waals surface area contributed by atoms with Gasteiger partial charge in [0.2, 0.25) is 0 Å². The first kappa shape index (κ1) is 45.6. The molecule has 0 aliphatic rings. The third kappa shape index (κ3) is 40.2. The summed E-state index contributed by atoms with van der Waals surface area (Å²) in [4.78, 5) is 0. The summed E-state index contributed by atoms with van der Waals surface area (Å²) < 4.78 is 1.25. The van der Waals surface area contributed by atoms with E-state index in [1.807, 2.05) is 0 Å². The molecule has 0 saturated carbocycles. The van der Waals surface area contributed by atoms with Crippen molar-refractivity contribution in [2.24, 2.45) is 0 Å². The van der Waals surface area contributed by atoms with Gasteiger partial charge in [0.05, 0.1) is 27.2 Å². The largest absolute Gasteiger partial charge is 1.00 e. The predicted octanol–water partition coefficient (Wildman–Crippen LogP) is 10.8. The summed E-state index contributed by atoms with van der Waals surface area (Å²) in [5.74, 6) is 0. The molecule has 3 N–H and O–H groups in total. The Balaban J connectivity index is -0.00000722. The van der Waals surface area contributed by atoms with Crippen molar-refractivity contribution >= 4 is 0 Å². The Morgan fingerprint density at radius 3 is 0.585 bits per heavy atom. The molecule has 0 radical (unpaired) electrons.